The molecule has 3 heterocycles. The maximum absolute atomic E-state index is 13.0. The Hall–Kier alpha value is -2.03. The van der Waals surface area contributed by atoms with Gasteiger partial charge in [-0.3, -0.25) is 14.5 Å². The zero-order chi connectivity index (χ0) is 19.2. The lowest BCUT2D eigenvalue weighted by Crippen LogP contribution is -2.43. The van der Waals surface area contributed by atoms with Crippen molar-refractivity contribution in [3.63, 3.8) is 0 Å². The highest BCUT2D eigenvalue weighted by atomic mass is 32.1. The van der Waals surface area contributed by atoms with Crippen LogP contribution in [0, 0.1) is 0 Å². The Kier molecular flexibility index (Phi) is 6.76. The van der Waals surface area contributed by atoms with Gasteiger partial charge >= 0.3 is 0 Å². The first-order valence-corrected chi connectivity index (χ1v) is 10.8. The lowest BCUT2D eigenvalue weighted by molar-refractivity contribution is -0.134. The van der Waals surface area contributed by atoms with Crippen molar-refractivity contribution in [2.24, 2.45) is 5.10 Å². The molecule has 0 spiro atoms. The predicted octanol–water partition coefficient (Wildman–Crippen LogP) is 2.95. The summed E-state index contributed by atoms with van der Waals surface area (Å²) in [6, 6.07) is 8.01. The second-order valence-electron chi connectivity index (χ2n) is 6.25. The Morgan fingerprint density at radius 2 is 2.00 bits per heavy atom. The number of nitrogens with zero attached hydrogens (tertiary/aromatic N) is 3. The second kappa shape index (κ2) is 9.25. The molecule has 0 radical (unpaired) electrons. The van der Waals surface area contributed by atoms with E-state index in [0.29, 0.717) is 13.1 Å². The highest BCUT2D eigenvalue weighted by Crippen LogP contribution is 2.35. The molecule has 1 N–H and O–H groups in total. The van der Waals surface area contributed by atoms with E-state index in [-0.39, 0.29) is 30.9 Å². The van der Waals surface area contributed by atoms with E-state index in [2.05, 4.69) is 16.5 Å². The molecular formula is C19H24N4O2S2. The Bertz CT molecular complexity index is 787. The Morgan fingerprint density at radius 3 is 2.63 bits per heavy atom. The smallest absolute Gasteiger partial charge is 0.257 e. The molecule has 144 valence electrons. The van der Waals surface area contributed by atoms with Gasteiger partial charge in [0.15, 0.2) is 0 Å². The molecule has 0 saturated heterocycles. The number of carbonyl (C=O) groups is 2. The molecule has 2 aromatic rings. The normalized spacial score (nSPS) is 16.6. The summed E-state index contributed by atoms with van der Waals surface area (Å²) >= 11 is 3.28. The molecule has 1 aliphatic heterocycles. The Labute approximate surface area is 167 Å². The molecule has 2 amide bonds. The van der Waals surface area contributed by atoms with Gasteiger partial charge in [-0.2, -0.15) is 5.10 Å². The molecule has 0 aliphatic carbocycles. The van der Waals surface area contributed by atoms with Crippen LogP contribution in [0.5, 0.6) is 0 Å². The van der Waals surface area contributed by atoms with Gasteiger partial charge in [0, 0.05) is 17.8 Å². The van der Waals surface area contributed by atoms with Gasteiger partial charge < -0.3 is 5.32 Å². The molecule has 1 aliphatic rings. The van der Waals surface area contributed by atoms with E-state index in [1.54, 1.807) is 27.7 Å². The van der Waals surface area contributed by atoms with Crippen LogP contribution >= 0.6 is 22.7 Å². The Balaban J connectivity index is 1.75. The number of thiophene rings is 2. The van der Waals surface area contributed by atoms with Crippen molar-refractivity contribution in [3.8, 4) is 0 Å². The van der Waals surface area contributed by atoms with Crippen LogP contribution in [-0.4, -0.2) is 53.6 Å². The molecule has 6 nitrogen and oxygen atoms in total. The fourth-order valence-electron chi connectivity index (χ4n) is 3.03. The average molecular weight is 405 g/mol. The highest BCUT2D eigenvalue weighted by molar-refractivity contribution is 7.12. The maximum atomic E-state index is 13.0. The van der Waals surface area contributed by atoms with Gasteiger partial charge in [0.1, 0.15) is 0 Å². The van der Waals surface area contributed by atoms with Gasteiger partial charge in [0.25, 0.3) is 5.91 Å². The molecule has 2 aromatic heterocycles. The number of amides is 2. The summed E-state index contributed by atoms with van der Waals surface area (Å²) in [5, 5.41) is 13.1. The van der Waals surface area contributed by atoms with Crippen LogP contribution in [-0.2, 0) is 9.59 Å². The number of hydrogen-bond acceptors (Lipinski definition) is 6. The van der Waals surface area contributed by atoms with Gasteiger partial charge in [-0.15, -0.1) is 22.7 Å². The van der Waals surface area contributed by atoms with Gasteiger partial charge in [0.2, 0.25) is 5.91 Å². The van der Waals surface area contributed by atoms with Crippen molar-refractivity contribution in [1.29, 1.82) is 0 Å². The van der Waals surface area contributed by atoms with Crippen LogP contribution < -0.4 is 5.32 Å². The van der Waals surface area contributed by atoms with Crippen LogP contribution in [0.3, 0.4) is 0 Å². The van der Waals surface area contributed by atoms with Gasteiger partial charge in [-0.1, -0.05) is 19.1 Å². The third-order valence-electron chi connectivity index (χ3n) is 4.39. The van der Waals surface area contributed by atoms with Crippen LogP contribution in [0.25, 0.3) is 0 Å². The van der Waals surface area contributed by atoms with E-state index in [4.69, 9.17) is 0 Å². The largest absolute Gasteiger partial charge is 0.355 e. The predicted molar refractivity (Wildman–Crippen MR) is 110 cm³/mol. The number of hydrogen-bond donors (Lipinski definition) is 1. The van der Waals surface area contributed by atoms with E-state index >= 15 is 0 Å². The third kappa shape index (κ3) is 4.82. The average Bonchev–Trinajstić information content (AvgIpc) is 3.41. The SMILES string of the molecule is CCNC(=O)CN(CC)CC(=O)N1N=C(c2cccs2)CC1c1cccs1. The molecule has 0 saturated carbocycles. The summed E-state index contributed by atoms with van der Waals surface area (Å²) < 4.78 is 0. The minimum Gasteiger partial charge on any atom is -0.355 e. The number of likely N-dealkylation sites (N-methyl/N-ethyl adjacent to an activating group) is 2. The molecular weight excluding hydrogens is 380 g/mol. The number of hydrazone groups is 1. The first-order valence-electron chi connectivity index (χ1n) is 9.08. The van der Waals surface area contributed by atoms with E-state index < -0.39 is 0 Å². The first-order chi connectivity index (χ1) is 13.1. The van der Waals surface area contributed by atoms with E-state index in [1.807, 2.05) is 47.7 Å². The standard InChI is InChI=1S/C19H24N4O2S2/c1-3-20-18(24)12-22(4-2)13-19(25)23-15(17-8-6-10-27-17)11-14(21-23)16-7-5-9-26-16/h5-10,15H,3-4,11-13H2,1-2H3,(H,20,24). The molecule has 27 heavy (non-hydrogen) atoms. The van der Waals surface area contributed by atoms with Gasteiger partial charge in [0.05, 0.1) is 29.7 Å². The minimum atomic E-state index is -0.0777. The molecule has 1 atom stereocenters. The summed E-state index contributed by atoms with van der Waals surface area (Å²) in [5.41, 5.74) is 0.948. The van der Waals surface area contributed by atoms with Crippen LogP contribution in [0.15, 0.2) is 40.1 Å². The fourth-order valence-corrected chi connectivity index (χ4v) is 4.57. The van der Waals surface area contributed by atoms with Crippen molar-refractivity contribution in [2.45, 2.75) is 26.3 Å². The van der Waals surface area contributed by atoms with Crippen molar-refractivity contribution in [3.05, 3.63) is 44.8 Å². The molecule has 1 unspecified atom stereocenters. The lowest BCUT2D eigenvalue weighted by Gasteiger charge is -2.25. The fraction of sp³-hybridized carbons (Fsp3) is 0.421. The molecule has 0 fully saturated rings. The van der Waals surface area contributed by atoms with E-state index in [9.17, 15) is 9.59 Å². The van der Waals surface area contributed by atoms with Crippen molar-refractivity contribution in [1.82, 2.24) is 15.2 Å². The monoisotopic (exact) mass is 404 g/mol. The van der Waals surface area contributed by atoms with Crippen molar-refractivity contribution in [2.75, 3.05) is 26.2 Å². The number of rotatable bonds is 8. The van der Waals surface area contributed by atoms with Crippen LogP contribution in [0.2, 0.25) is 0 Å². The first kappa shape index (κ1) is 19.7. The van der Waals surface area contributed by atoms with Gasteiger partial charge in [-0.05, 0) is 36.4 Å². The molecule has 0 bridgehead atoms. The summed E-state index contributed by atoms with van der Waals surface area (Å²) in [7, 11) is 0. The quantitative estimate of drug-likeness (QED) is 0.736. The summed E-state index contributed by atoms with van der Waals surface area (Å²) in [6.45, 7) is 5.45. The van der Waals surface area contributed by atoms with Crippen LogP contribution in [0.1, 0.15) is 36.1 Å². The Morgan fingerprint density at radius 1 is 1.22 bits per heavy atom. The molecule has 0 aromatic carbocycles. The number of carbonyl (C=O) groups excluding carboxylic acids is 2. The highest BCUT2D eigenvalue weighted by Gasteiger charge is 2.34. The second-order valence-corrected chi connectivity index (χ2v) is 8.18. The van der Waals surface area contributed by atoms with Crippen LogP contribution in [0.4, 0.5) is 0 Å². The summed E-state index contributed by atoms with van der Waals surface area (Å²) in [6.07, 6.45) is 0.717. The zero-order valence-electron chi connectivity index (χ0n) is 15.6. The summed E-state index contributed by atoms with van der Waals surface area (Å²) in [4.78, 5) is 29.0. The third-order valence-corrected chi connectivity index (χ3v) is 6.28. The zero-order valence-corrected chi connectivity index (χ0v) is 17.2. The van der Waals surface area contributed by atoms with E-state index in [1.165, 1.54) is 0 Å². The van der Waals surface area contributed by atoms with Gasteiger partial charge in [-0.25, -0.2) is 5.01 Å². The molecule has 8 heteroatoms. The minimum absolute atomic E-state index is 0.0637. The summed E-state index contributed by atoms with van der Waals surface area (Å²) in [5.74, 6) is -0.141. The van der Waals surface area contributed by atoms with E-state index in [0.717, 1.165) is 21.9 Å². The molecule has 3 rings (SSSR count). The van der Waals surface area contributed by atoms with Crippen molar-refractivity contribution >= 4 is 40.2 Å². The van der Waals surface area contributed by atoms with Crippen molar-refractivity contribution < 1.29 is 9.59 Å². The maximum Gasteiger partial charge on any atom is 0.257 e. The topological polar surface area (TPSA) is 65.0 Å². The number of nitrogens with one attached hydrogen (secondary N) is 1. The lowest BCUT2D eigenvalue weighted by atomic mass is 10.1.